The summed E-state index contributed by atoms with van der Waals surface area (Å²) < 4.78 is 6.30. The van der Waals surface area contributed by atoms with Crippen molar-refractivity contribution in [3.8, 4) is 5.75 Å². The number of ether oxygens (including phenoxy) is 1. The Hall–Kier alpha value is -3.24. The first kappa shape index (κ1) is 23.4. The van der Waals surface area contributed by atoms with Gasteiger partial charge in [-0.25, -0.2) is 4.79 Å². The molecule has 166 valence electrons. The van der Waals surface area contributed by atoms with Gasteiger partial charge >= 0.3 is 5.97 Å². The fourth-order valence-corrected chi connectivity index (χ4v) is 4.32. The molecule has 1 heterocycles. The Morgan fingerprint density at radius 3 is 2.38 bits per heavy atom. The minimum atomic E-state index is -0.955. The molecule has 1 amide bonds. The number of hydrogen-bond acceptors (Lipinski definition) is 8. The van der Waals surface area contributed by atoms with Crippen molar-refractivity contribution in [3.05, 3.63) is 65.2 Å². The molecule has 8 nitrogen and oxygen atoms in total. The molecule has 3 aromatic rings. The molecule has 0 unspecified atom stereocenters. The number of benzene rings is 2. The molecule has 0 aliphatic heterocycles. The lowest BCUT2D eigenvalue weighted by Gasteiger charge is -2.06. The van der Waals surface area contributed by atoms with Crippen molar-refractivity contribution in [2.75, 3.05) is 11.9 Å². The fraction of sp³-hybridized carbons (Fsp3) is 0.227. The third kappa shape index (κ3) is 7.17. The number of carbonyl (C=O) groups is 3. The van der Waals surface area contributed by atoms with Crippen molar-refractivity contribution in [3.63, 3.8) is 0 Å². The molecule has 0 saturated heterocycles. The van der Waals surface area contributed by atoms with Crippen molar-refractivity contribution in [1.82, 2.24) is 10.2 Å². The summed E-state index contributed by atoms with van der Waals surface area (Å²) in [6, 6.07) is 13.5. The van der Waals surface area contributed by atoms with E-state index in [-0.39, 0.29) is 23.7 Å². The van der Waals surface area contributed by atoms with E-state index in [2.05, 4.69) is 15.5 Å². The summed E-state index contributed by atoms with van der Waals surface area (Å²) >= 11 is 2.75. The van der Waals surface area contributed by atoms with Crippen LogP contribution in [0, 0.1) is 0 Å². The third-order valence-electron chi connectivity index (χ3n) is 4.29. The second-order valence-electron chi connectivity index (χ2n) is 6.74. The van der Waals surface area contributed by atoms with E-state index in [1.807, 2.05) is 0 Å². The molecule has 0 spiro atoms. The molecule has 0 aliphatic carbocycles. The van der Waals surface area contributed by atoms with Crippen LogP contribution in [0.15, 0.2) is 52.9 Å². The van der Waals surface area contributed by atoms with Crippen LogP contribution in [-0.4, -0.2) is 39.6 Å². The summed E-state index contributed by atoms with van der Waals surface area (Å²) in [5.74, 6) is 0.147. The van der Waals surface area contributed by atoms with Gasteiger partial charge in [0.15, 0.2) is 10.1 Å². The van der Waals surface area contributed by atoms with E-state index < -0.39 is 5.97 Å². The Labute approximate surface area is 193 Å². The first-order valence-electron chi connectivity index (χ1n) is 9.73. The molecule has 0 fully saturated rings. The van der Waals surface area contributed by atoms with Crippen molar-refractivity contribution < 1.29 is 24.2 Å². The fourth-order valence-electron chi connectivity index (χ4n) is 2.60. The normalized spacial score (nSPS) is 10.5. The number of thioether (sulfide) groups is 1. The van der Waals surface area contributed by atoms with Gasteiger partial charge in [0.2, 0.25) is 11.0 Å². The molecule has 0 radical (unpaired) electrons. The maximum Gasteiger partial charge on any atom is 0.335 e. The molecule has 1 aromatic heterocycles. The zero-order valence-corrected chi connectivity index (χ0v) is 18.9. The third-order valence-corrected chi connectivity index (χ3v) is 6.34. The van der Waals surface area contributed by atoms with Crippen molar-refractivity contribution >= 4 is 45.9 Å². The number of carboxylic acid groups (broad SMARTS) is 1. The van der Waals surface area contributed by atoms with Crippen LogP contribution in [0.25, 0.3) is 0 Å². The molecule has 32 heavy (non-hydrogen) atoms. The van der Waals surface area contributed by atoms with Gasteiger partial charge < -0.3 is 15.2 Å². The van der Waals surface area contributed by atoms with Gasteiger partial charge in [0, 0.05) is 17.7 Å². The summed E-state index contributed by atoms with van der Waals surface area (Å²) in [4.78, 5) is 34.3. The lowest BCUT2D eigenvalue weighted by Crippen LogP contribution is -2.12. The second kappa shape index (κ2) is 11.4. The lowest BCUT2D eigenvalue weighted by molar-refractivity contribution is -0.116. The molecule has 0 aliphatic rings. The number of amides is 1. The number of aromatic nitrogens is 2. The topological polar surface area (TPSA) is 118 Å². The molecule has 3 rings (SSSR count). The summed E-state index contributed by atoms with van der Waals surface area (Å²) in [5.41, 5.74) is 1.84. The highest BCUT2D eigenvalue weighted by Gasteiger charge is 2.10. The summed E-state index contributed by atoms with van der Waals surface area (Å²) in [5, 5.41) is 20.1. The maximum atomic E-state index is 12.1. The van der Waals surface area contributed by atoms with Gasteiger partial charge in [-0.05, 0) is 55.3 Å². The molecule has 2 aromatic carbocycles. The number of nitrogens with zero attached hydrogens (tertiary/aromatic N) is 2. The van der Waals surface area contributed by atoms with E-state index >= 15 is 0 Å². The second-order valence-corrected chi connectivity index (χ2v) is 8.94. The van der Waals surface area contributed by atoms with Crippen LogP contribution in [0.1, 0.15) is 46.0 Å². The average molecular weight is 472 g/mol. The number of hydrogen-bond donors (Lipinski definition) is 2. The van der Waals surface area contributed by atoms with Gasteiger partial charge in [-0.15, -0.1) is 10.2 Å². The monoisotopic (exact) mass is 471 g/mol. The van der Waals surface area contributed by atoms with Crippen molar-refractivity contribution in [1.29, 1.82) is 0 Å². The minimum Gasteiger partial charge on any atom is -0.494 e. The van der Waals surface area contributed by atoms with Crippen LogP contribution >= 0.6 is 23.1 Å². The quantitative estimate of drug-likeness (QED) is 0.181. The summed E-state index contributed by atoms with van der Waals surface area (Å²) in [6.07, 6.45) is 0.816. The maximum absolute atomic E-state index is 12.1. The summed E-state index contributed by atoms with van der Waals surface area (Å²) in [6.45, 7) is 1.89. The smallest absolute Gasteiger partial charge is 0.335 e. The van der Waals surface area contributed by atoms with E-state index in [9.17, 15) is 14.4 Å². The molecular formula is C22H21N3O5S2. The van der Waals surface area contributed by atoms with Crippen LogP contribution in [0.4, 0.5) is 5.13 Å². The molecule has 2 N–H and O–H groups in total. The zero-order chi connectivity index (χ0) is 22.9. The Morgan fingerprint density at radius 1 is 1.03 bits per heavy atom. The average Bonchev–Trinajstić information content (AvgIpc) is 3.23. The Kier molecular flexibility index (Phi) is 8.34. The van der Waals surface area contributed by atoms with E-state index in [0.29, 0.717) is 39.6 Å². The van der Waals surface area contributed by atoms with Gasteiger partial charge in [-0.1, -0.05) is 35.2 Å². The van der Waals surface area contributed by atoms with Crippen molar-refractivity contribution in [2.24, 2.45) is 0 Å². The highest BCUT2D eigenvalue weighted by molar-refractivity contribution is 8.00. The van der Waals surface area contributed by atoms with E-state index in [0.717, 1.165) is 5.56 Å². The van der Waals surface area contributed by atoms with Gasteiger partial charge in [-0.2, -0.15) is 0 Å². The van der Waals surface area contributed by atoms with E-state index in [1.54, 1.807) is 48.5 Å². The Morgan fingerprint density at radius 2 is 1.72 bits per heavy atom. The highest BCUT2D eigenvalue weighted by atomic mass is 32.2. The van der Waals surface area contributed by atoms with Crippen LogP contribution in [0.2, 0.25) is 0 Å². The van der Waals surface area contributed by atoms with Crippen LogP contribution in [0.5, 0.6) is 5.75 Å². The van der Waals surface area contributed by atoms with E-state index in [1.165, 1.54) is 30.0 Å². The first-order chi connectivity index (χ1) is 15.4. The minimum absolute atomic E-state index is 0.000787. The predicted molar refractivity (Wildman–Crippen MR) is 123 cm³/mol. The van der Waals surface area contributed by atoms with Gasteiger partial charge in [0.25, 0.3) is 0 Å². The molecule has 10 heteroatoms. The van der Waals surface area contributed by atoms with Gasteiger partial charge in [-0.3, -0.25) is 9.59 Å². The molecule has 0 atom stereocenters. The SMILES string of the molecule is CC(=O)c1ccc(OCCCC(=O)Nc2nnc(SCc3ccc(C(=O)O)cc3)s2)cc1. The number of Topliss-reactive ketones (excluding diaryl/α,β-unsaturated/α-hetero) is 1. The van der Waals surface area contributed by atoms with Crippen LogP contribution in [-0.2, 0) is 10.5 Å². The van der Waals surface area contributed by atoms with Crippen LogP contribution < -0.4 is 10.1 Å². The number of anilines is 1. The van der Waals surface area contributed by atoms with Gasteiger partial charge in [0.1, 0.15) is 5.75 Å². The van der Waals surface area contributed by atoms with Crippen molar-refractivity contribution in [2.45, 2.75) is 29.9 Å². The predicted octanol–water partition coefficient (Wildman–Crippen LogP) is 4.53. The Balaban J connectivity index is 1.36. The number of rotatable bonds is 11. The largest absolute Gasteiger partial charge is 0.494 e. The van der Waals surface area contributed by atoms with E-state index in [4.69, 9.17) is 9.84 Å². The van der Waals surface area contributed by atoms with Gasteiger partial charge in [0.05, 0.1) is 12.2 Å². The highest BCUT2D eigenvalue weighted by Crippen LogP contribution is 2.28. The first-order valence-corrected chi connectivity index (χ1v) is 11.5. The number of nitrogens with one attached hydrogen (secondary N) is 1. The Bertz CT molecular complexity index is 1080. The number of carbonyl (C=O) groups excluding carboxylic acids is 2. The lowest BCUT2D eigenvalue weighted by atomic mass is 10.1. The number of carboxylic acids is 1. The molecule has 0 saturated carbocycles. The number of ketones is 1. The zero-order valence-electron chi connectivity index (χ0n) is 17.2. The molecule has 0 bridgehead atoms. The number of aromatic carboxylic acids is 1. The molecular weight excluding hydrogens is 450 g/mol. The summed E-state index contributed by atoms with van der Waals surface area (Å²) in [7, 11) is 0. The standard InChI is InChI=1S/C22H21N3O5S2/c1-14(26)16-8-10-18(11-9-16)30-12-2-3-19(27)23-21-24-25-22(32-21)31-13-15-4-6-17(7-5-15)20(28)29/h4-11H,2-3,12-13H2,1H3,(H,28,29)(H,23,24,27). The van der Waals surface area contributed by atoms with Crippen LogP contribution in [0.3, 0.4) is 0 Å².